The van der Waals surface area contributed by atoms with Gasteiger partial charge in [-0.3, -0.25) is 0 Å². The summed E-state index contributed by atoms with van der Waals surface area (Å²) in [4.78, 5) is 0. The quantitative estimate of drug-likeness (QED) is 0.650. The summed E-state index contributed by atoms with van der Waals surface area (Å²) in [6.45, 7) is 10.1. The van der Waals surface area contributed by atoms with E-state index in [2.05, 4.69) is 44.8 Å². The summed E-state index contributed by atoms with van der Waals surface area (Å²) < 4.78 is 0. The molecule has 0 aromatic rings. The van der Waals surface area contributed by atoms with Gasteiger partial charge in [-0.15, -0.1) is 0 Å². The van der Waals surface area contributed by atoms with Crippen LogP contribution in [-0.4, -0.2) is 24.1 Å². The minimum Gasteiger partial charge on any atom is -0.313 e. The Bertz CT molecular complexity index is 98.3. The number of thioether (sulfide) groups is 1. The van der Waals surface area contributed by atoms with E-state index in [4.69, 9.17) is 0 Å². The minimum atomic E-state index is 0.735. The van der Waals surface area contributed by atoms with E-state index in [1.807, 2.05) is 0 Å². The van der Waals surface area contributed by atoms with Crippen LogP contribution in [0.5, 0.6) is 0 Å². The maximum absolute atomic E-state index is 3.54. The van der Waals surface area contributed by atoms with E-state index in [1.54, 1.807) is 0 Å². The third kappa shape index (κ3) is 8.63. The first-order chi connectivity index (χ1) is 6.20. The lowest BCUT2D eigenvalue weighted by Gasteiger charge is -2.17. The molecule has 1 nitrogen and oxygen atoms in total. The fourth-order valence-electron chi connectivity index (χ4n) is 1.33. The topological polar surface area (TPSA) is 12.0 Å². The molecule has 0 saturated heterocycles. The molecule has 80 valence electrons. The third-order valence-electron chi connectivity index (χ3n) is 1.90. The van der Waals surface area contributed by atoms with Crippen molar-refractivity contribution in [1.29, 1.82) is 0 Å². The van der Waals surface area contributed by atoms with Crippen molar-refractivity contribution in [3.8, 4) is 0 Å². The molecule has 0 bridgehead atoms. The van der Waals surface area contributed by atoms with Crippen LogP contribution >= 0.6 is 11.8 Å². The van der Waals surface area contributed by atoms with Gasteiger partial charge < -0.3 is 5.32 Å². The monoisotopic (exact) mass is 203 g/mol. The van der Waals surface area contributed by atoms with Gasteiger partial charge in [0, 0.05) is 11.8 Å². The van der Waals surface area contributed by atoms with E-state index in [0.717, 1.165) is 18.5 Å². The first kappa shape index (κ1) is 13.3. The zero-order valence-electron chi connectivity index (χ0n) is 9.60. The summed E-state index contributed by atoms with van der Waals surface area (Å²) in [6.07, 6.45) is 2.61. The van der Waals surface area contributed by atoms with Gasteiger partial charge in [-0.2, -0.15) is 11.8 Å². The molecule has 1 N–H and O–H groups in total. The van der Waals surface area contributed by atoms with Gasteiger partial charge in [0.05, 0.1) is 0 Å². The average molecular weight is 203 g/mol. The van der Waals surface area contributed by atoms with Crippen molar-refractivity contribution in [2.75, 3.05) is 18.1 Å². The van der Waals surface area contributed by atoms with Crippen LogP contribution in [0.1, 0.15) is 40.5 Å². The van der Waals surface area contributed by atoms with E-state index >= 15 is 0 Å². The molecule has 0 spiro atoms. The second-order valence-electron chi connectivity index (χ2n) is 3.97. The summed E-state index contributed by atoms with van der Waals surface area (Å²) >= 11 is 2.09. The molecule has 0 saturated carbocycles. The highest BCUT2D eigenvalue weighted by Gasteiger charge is 2.05. The molecule has 0 aliphatic rings. The zero-order chi connectivity index (χ0) is 10.1. The van der Waals surface area contributed by atoms with Crippen molar-refractivity contribution in [3.05, 3.63) is 0 Å². The molecule has 1 atom stereocenters. The molecule has 0 rings (SSSR count). The van der Waals surface area contributed by atoms with E-state index < -0.39 is 0 Å². The molecule has 0 aliphatic heterocycles. The normalized spacial score (nSPS) is 13.6. The number of rotatable bonds is 8. The van der Waals surface area contributed by atoms with Gasteiger partial charge in [0.15, 0.2) is 0 Å². The molecule has 1 unspecified atom stereocenters. The van der Waals surface area contributed by atoms with Gasteiger partial charge in [-0.25, -0.2) is 0 Å². The van der Waals surface area contributed by atoms with Gasteiger partial charge in [-0.05, 0) is 24.6 Å². The largest absolute Gasteiger partial charge is 0.313 e. The molecular formula is C11H25NS. The zero-order valence-corrected chi connectivity index (χ0v) is 10.4. The molecule has 0 aliphatic carbocycles. The maximum atomic E-state index is 3.54. The summed E-state index contributed by atoms with van der Waals surface area (Å²) in [7, 11) is 0. The van der Waals surface area contributed by atoms with Crippen molar-refractivity contribution >= 4 is 11.8 Å². The fraction of sp³-hybridized carbons (Fsp3) is 1.00. The van der Waals surface area contributed by atoms with E-state index in [1.165, 1.54) is 24.3 Å². The van der Waals surface area contributed by atoms with Gasteiger partial charge >= 0.3 is 0 Å². The van der Waals surface area contributed by atoms with E-state index in [0.29, 0.717) is 0 Å². The van der Waals surface area contributed by atoms with Crippen LogP contribution in [-0.2, 0) is 0 Å². The molecule has 2 heteroatoms. The van der Waals surface area contributed by atoms with Gasteiger partial charge in [0.1, 0.15) is 0 Å². The predicted molar refractivity (Wildman–Crippen MR) is 64.5 cm³/mol. The van der Waals surface area contributed by atoms with Gasteiger partial charge in [0.25, 0.3) is 0 Å². The van der Waals surface area contributed by atoms with Crippen LogP contribution in [0, 0.1) is 5.92 Å². The molecule has 0 aromatic heterocycles. The first-order valence-corrected chi connectivity index (χ1v) is 6.67. The van der Waals surface area contributed by atoms with Gasteiger partial charge in [0.2, 0.25) is 0 Å². The van der Waals surface area contributed by atoms with Crippen LogP contribution in [0.2, 0.25) is 0 Å². The minimum absolute atomic E-state index is 0.735. The molecular weight excluding hydrogens is 178 g/mol. The lowest BCUT2D eigenvalue weighted by atomic mass is 10.2. The van der Waals surface area contributed by atoms with Crippen LogP contribution in [0.4, 0.5) is 0 Å². The Balaban J connectivity index is 3.44. The summed E-state index contributed by atoms with van der Waals surface area (Å²) in [5.41, 5.74) is 0. The Hall–Kier alpha value is 0.310. The smallest absolute Gasteiger partial charge is 0.0157 e. The molecule has 13 heavy (non-hydrogen) atoms. The Morgan fingerprint density at radius 3 is 2.31 bits per heavy atom. The van der Waals surface area contributed by atoms with Crippen LogP contribution in [0.25, 0.3) is 0 Å². The number of nitrogens with one attached hydrogen (secondary N) is 1. The van der Waals surface area contributed by atoms with Crippen molar-refractivity contribution < 1.29 is 0 Å². The lowest BCUT2D eigenvalue weighted by molar-refractivity contribution is 0.531. The number of hydrogen-bond donors (Lipinski definition) is 1. The van der Waals surface area contributed by atoms with Crippen LogP contribution in [0.3, 0.4) is 0 Å². The Morgan fingerprint density at radius 1 is 1.15 bits per heavy atom. The Labute approximate surface area is 88.1 Å². The first-order valence-electron chi connectivity index (χ1n) is 5.51. The van der Waals surface area contributed by atoms with Crippen molar-refractivity contribution in [1.82, 2.24) is 5.32 Å². The second kappa shape index (κ2) is 8.89. The highest BCUT2D eigenvalue weighted by Crippen LogP contribution is 2.11. The second-order valence-corrected chi connectivity index (χ2v) is 5.05. The van der Waals surface area contributed by atoms with Crippen molar-refractivity contribution in [2.45, 2.75) is 46.6 Å². The van der Waals surface area contributed by atoms with E-state index in [-0.39, 0.29) is 0 Å². The SMILES string of the molecule is CCCC(CSCC(C)C)NCC. The molecule has 0 aromatic carbocycles. The highest BCUT2D eigenvalue weighted by atomic mass is 32.2. The molecule has 0 fully saturated rings. The third-order valence-corrected chi connectivity index (χ3v) is 3.44. The summed E-state index contributed by atoms with van der Waals surface area (Å²) in [6, 6.07) is 0.735. The Kier molecular flexibility index (Phi) is 9.10. The lowest BCUT2D eigenvalue weighted by Crippen LogP contribution is -2.31. The Morgan fingerprint density at radius 2 is 1.85 bits per heavy atom. The van der Waals surface area contributed by atoms with E-state index in [9.17, 15) is 0 Å². The summed E-state index contributed by atoms with van der Waals surface area (Å²) in [5, 5.41) is 3.54. The standard InChI is InChI=1S/C11H25NS/c1-5-7-11(12-6-2)9-13-8-10(3)4/h10-12H,5-9H2,1-4H3. The van der Waals surface area contributed by atoms with Crippen molar-refractivity contribution in [3.63, 3.8) is 0 Å². The predicted octanol–water partition coefficient (Wildman–Crippen LogP) is 3.15. The van der Waals surface area contributed by atoms with Crippen LogP contribution < -0.4 is 5.32 Å². The van der Waals surface area contributed by atoms with Gasteiger partial charge in [-0.1, -0.05) is 34.1 Å². The molecule has 0 amide bonds. The average Bonchev–Trinajstić information content (AvgIpc) is 2.04. The summed E-state index contributed by atoms with van der Waals surface area (Å²) in [5.74, 6) is 3.40. The van der Waals surface area contributed by atoms with Crippen LogP contribution in [0.15, 0.2) is 0 Å². The van der Waals surface area contributed by atoms with Crippen molar-refractivity contribution in [2.24, 2.45) is 5.92 Å². The molecule has 0 radical (unpaired) electrons. The molecule has 0 heterocycles. The number of hydrogen-bond acceptors (Lipinski definition) is 2. The highest BCUT2D eigenvalue weighted by molar-refractivity contribution is 7.99. The maximum Gasteiger partial charge on any atom is 0.0157 e. The fourth-order valence-corrected chi connectivity index (χ4v) is 2.50.